The van der Waals surface area contributed by atoms with Crippen molar-refractivity contribution in [3.8, 4) is 0 Å². The van der Waals surface area contributed by atoms with Gasteiger partial charge in [-0.25, -0.2) is 0 Å². The second-order valence-corrected chi connectivity index (χ2v) is 5.77. The van der Waals surface area contributed by atoms with Crippen LogP contribution in [0.4, 0.5) is 0 Å². The summed E-state index contributed by atoms with van der Waals surface area (Å²) < 4.78 is 0. The second-order valence-electron chi connectivity index (χ2n) is 5.77. The minimum Gasteiger partial charge on any atom is -0.349 e. The van der Waals surface area contributed by atoms with Crippen LogP contribution in [0.2, 0.25) is 0 Å². The molecule has 0 bridgehead atoms. The van der Waals surface area contributed by atoms with Crippen molar-refractivity contribution in [1.29, 1.82) is 0 Å². The number of hydrogen-bond donors (Lipinski definition) is 0. The van der Waals surface area contributed by atoms with Gasteiger partial charge < -0.3 is 9.80 Å². The van der Waals surface area contributed by atoms with Crippen LogP contribution in [0.15, 0.2) is 29.3 Å². The lowest BCUT2D eigenvalue weighted by molar-refractivity contribution is 0.261. The summed E-state index contributed by atoms with van der Waals surface area (Å²) in [5.41, 5.74) is 2.98. The number of rotatable bonds is 3. The minimum atomic E-state index is 0.855. The summed E-state index contributed by atoms with van der Waals surface area (Å²) in [5.74, 6) is 1.03. The van der Waals surface area contributed by atoms with Crippen molar-refractivity contribution in [1.82, 2.24) is 14.7 Å². The highest BCUT2D eigenvalue weighted by Gasteiger charge is 2.15. The molecule has 0 aliphatic carbocycles. The zero-order valence-corrected chi connectivity index (χ0v) is 13.1. The third-order valence-electron chi connectivity index (χ3n) is 3.68. The van der Waals surface area contributed by atoms with E-state index in [0.29, 0.717) is 0 Å². The molecule has 0 saturated heterocycles. The van der Waals surface area contributed by atoms with E-state index in [9.17, 15) is 0 Å². The Hall–Kier alpha value is -1.55. The fourth-order valence-electron chi connectivity index (χ4n) is 2.72. The maximum absolute atomic E-state index is 4.70. The molecule has 1 heterocycles. The van der Waals surface area contributed by atoms with E-state index in [1.54, 1.807) is 0 Å². The van der Waals surface area contributed by atoms with Crippen LogP contribution in [0.25, 0.3) is 0 Å². The van der Waals surface area contributed by atoms with Crippen molar-refractivity contribution >= 4 is 5.96 Å². The average Bonchev–Trinajstić information content (AvgIpc) is 2.42. The van der Waals surface area contributed by atoms with Gasteiger partial charge >= 0.3 is 0 Å². The molecule has 0 fully saturated rings. The van der Waals surface area contributed by atoms with Crippen molar-refractivity contribution in [2.24, 2.45) is 4.99 Å². The molecule has 4 nitrogen and oxygen atoms in total. The van der Waals surface area contributed by atoms with E-state index in [-0.39, 0.29) is 0 Å². The van der Waals surface area contributed by atoms with Crippen molar-refractivity contribution < 1.29 is 0 Å². The summed E-state index contributed by atoms with van der Waals surface area (Å²) >= 11 is 0. The molecule has 0 spiro atoms. The van der Waals surface area contributed by atoms with Crippen molar-refractivity contribution in [2.75, 3.05) is 47.8 Å². The Kier molecular flexibility index (Phi) is 5.01. The lowest BCUT2D eigenvalue weighted by Crippen LogP contribution is -2.37. The highest BCUT2D eigenvalue weighted by molar-refractivity contribution is 5.79. The number of guanidine groups is 1. The van der Waals surface area contributed by atoms with E-state index < -0.39 is 0 Å². The summed E-state index contributed by atoms with van der Waals surface area (Å²) in [4.78, 5) is 11.3. The van der Waals surface area contributed by atoms with Gasteiger partial charge in [0.15, 0.2) is 5.96 Å². The maximum atomic E-state index is 4.70. The zero-order valence-electron chi connectivity index (χ0n) is 13.1. The smallest absolute Gasteiger partial charge is 0.195 e. The first-order valence-corrected chi connectivity index (χ1v) is 7.26. The van der Waals surface area contributed by atoms with Gasteiger partial charge in [-0.05, 0) is 17.5 Å². The van der Waals surface area contributed by atoms with Gasteiger partial charge in [-0.15, -0.1) is 0 Å². The van der Waals surface area contributed by atoms with E-state index in [1.165, 1.54) is 11.1 Å². The van der Waals surface area contributed by atoms with Crippen LogP contribution >= 0.6 is 0 Å². The summed E-state index contributed by atoms with van der Waals surface area (Å²) in [7, 11) is 8.15. The predicted molar refractivity (Wildman–Crippen MR) is 85.1 cm³/mol. The fourth-order valence-corrected chi connectivity index (χ4v) is 2.72. The third kappa shape index (κ3) is 3.73. The number of aliphatic imine (C=N–C) groups is 1. The van der Waals surface area contributed by atoms with Crippen LogP contribution < -0.4 is 0 Å². The molecule has 0 atom stereocenters. The standard InChI is InChI=1S/C16H26N4/c1-18(2)16(19(3)4)17-10-12-20-11-9-14-7-5-6-8-15(14)13-20/h5-8H,9-13H2,1-4H3. The number of fused-ring (bicyclic) bond motifs is 1. The Bertz CT molecular complexity index is 455. The van der Waals surface area contributed by atoms with Crippen LogP contribution in [-0.2, 0) is 13.0 Å². The normalized spacial score (nSPS) is 14.6. The van der Waals surface area contributed by atoms with Gasteiger partial charge in [-0.3, -0.25) is 9.89 Å². The number of nitrogens with zero attached hydrogens (tertiary/aromatic N) is 4. The maximum Gasteiger partial charge on any atom is 0.195 e. The van der Waals surface area contributed by atoms with Gasteiger partial charge in [0.2, 0.25) is 0 Å². The Balaban J connectivity index is 1.88. The quantitative estimate of drug-likeness (QED) is 0.616. The van der Waals surface area contributed by atoms with Crippen LogP contribution in [-0.4, -0.2) is 68.5 Å². The first kappa shape index (κ1) is 14.9. The van der Waals surface area contributed by atoms with E-state index >= 15 is 0 Å². The second kappa shape index (κ2) is 6.75. The van der Waals surface area contributed by atoms with E-state index in [4.69, 9.17) is 4.99 Å². The Morgan fingerprint density at radius 1 is 1.10 bits per heavy atom. The van der Waals surface area contributed by atoms with Gasteiger partial charge in [0.25, 0.3) is 0 Å². The van der Waals surface area contributed by atoms with Crippen LogP contribution in [0.5, 0.6) is 0 Å². The predicted octanol–water partition coefficient (Wildman–Crippen LogP) is 1.52. The molecule has 1 aliphatic heterocycles. The molecular formula is C16H26N4. The summed E-state index contributed by atoms with van der Waals surface area (Å²) in [6, 6.07) is 8.77. The highest BCUT2D eigenvalue weighted by atomic mass is 15.3. The van der Waals surface area contributed by atoms with Crippen molar-refractivity contribution in [3.63, 3.8) is 0 Å². The molecule has 4 heteroatoms. The molecule has 0 radical (unpaired) electrons. The molecule has 0 aromatic heterocycles. The SMILES string of the molecule is CN(C)C(=NCCN1CCc2ccccc2C1)N(C)C. The van der Waals surface area contributed by atoms with Crippen LogP contribution in [0, 0.1) is 0 Å². The molecule has 1 aromatic rings. The first-order valence-electron chi connectivity index (χ1n) is 7.26. The monoisotopic (exact) mass is 274 g/mol. The van der Waals surface area contributed by atoms with Crippen LogP contribution in [0.3, 0.4) is 0 Å². The lowest BCUT2D eigenvalue weighted by atomic mass is 10.00. The third-order valence-corrected chi connectivity index (χ3v) is 3.68. The van der Waals surface area contributed by atoms with Gasteiger partial charge in [0.1, 0.15) is 0 Å². The Morgan fingerprint density at radius 2 is 1.75 bits per heavy atom. The molecule has 2 rings (SSSR count). The first-order chi connectivity index (χ1) is 9.58. The summed E-state index contributed by atoms with van der Waals surface area (Å²) in [6.07, 6.45) is 1.16. The van der Waals surface area contributed by atoms with Crippen molar-refractivity contribution in [2.45, 2.75) is 13.0 Å². The average molecular weight is 274 g/mol. The topological polar surface area (TPSA) is 22.1 Å². The molecule has 0 amide bonds. The molecule has 110 valence electrons. The molecule has 0 unspecified atom stereocenters. The largest absolute Gasteiger partial charge is 0.349 e. The molecule has 1 aromatic carbocycles. The van der Waals surface area contributed by atoms with Crippen molar-refractivity contribution in [3.05, 3.63) is 35.4 Å². The van der Waals surface area contributed by atoms with Gasteiger partial charge in [0.05, 0.1) is 6.54 Å². The minimum absolute atomic E-state index is 0.855. The fraction of sp³-hybridized carbons (Fsp3) is 0.562. The highest BCUT2D eigenvalue weighted by Crippen LogP contribution is 2.17. The summed E-state index contributed by atoms with van der Waals surface area (Å²) in [6.45, 7) is 4.09. The molecule has 20 heavy (non-hydrogen) atoms. The lowest BCUT2D eigenvalue weighted by Gasteiger charge is -2.28. The number of benzene rings is 1. The molecule has 1 aliphatic rings. The van der Waals surface area contributed by atoms with Gasteiger partial charge in [-0.2, -0.15) is 0 Å². The van der Waals surface area contributed by atoms with E-state index in [1.807, 2.05) is 28.2 Å². The zero-order chi connectivity index (χ0) is 14.5. The van der Waals surface area contributed by atoms with E-state index in [0.717, 1.165) is 38.6 Å². The Morgan fingerprint density at radius 3 is 2.40 bits per heavy atom. The molecule has 0 saturated carbocycles. The summed E-state index contributed by atoms with van der Waals surface area (Å²) in [5, 5.41) is 0. The van der Waals surface area contributed by atoms with E-state index in [2.05, 4.69) is 39.0 Å². The number of hydrogen-bond acceptors (Lipinski definition) is 2. The van der Waals surface area contributed by atoms with Gasteiger partial charge in [0, 0.05) is 47.8 Å². The Labute approximate surface area is 122 Å². The van der Waals surface area contributed by atoms with Gasteiger partial charge in [-0.1, -0.05) is 24.3 Å². The molecular weight excluding hydrogens is 248 g/mol. The van der Waals surface area contributed by atoms with Crippen LogP contribution in [0.1, 0.15) is 11.1 Å². The molecule has 0 N–H and O–H groups in total.